The molecule has 20 heavy (non-hydrogen) atoms. The first-order chi connectivity index (χ1) is 9.70. The van der Waals surface area contributed by atoms with Crippen molar-refractivity contribution in [3.8, 4) is 0 Å². The molecule has 7 heteroatoms. The van der Waals surface area contributed by atoms with Crippen LogP contribution in [-0.4, -0.2) is 48.5 Å². The van der Waals surface area contributed by atoms with E-state index < -0.39 is 5.76 Å². The number of carbonyl (C=O) groups excluding carboxylic acids is 1. The first-order valence-electron chi connectivity index (χ1n) is 6.56. The minimum Gasteiger partial charge on any atom is -0.408 e. The number of amides is 1. The van der Waals surface area contributed by atoms with E-state index >= 15 is 0 Å². The highest BCUT2D eigenvalue weighted by atomic mass is 16.4. The molecular formula is C13H16N4O3. The number of H-pyrrole nitrogens is 1. The number of anilines is 1. The molecular weight excluding hydrogens is 260 g/mol. The molecule has 1 amide bonds. The van der Waals surface area contributed by atoms with Gasteiger partial charge in [-0.3, -0.25) is 14.7 Å². The Morgan fingerprint density at radius 1 is 1.35 bits per heavy atom. The summed E-state index contributed by atoms with van der Waals surface area (Å²) in [5.74, 6) is -0.554. The Bertz CT molecular complexity index is 670. The van der Waals surface area contributed by atoms with Crippen molar-refractivity contribution >= 4 is 22.7 Å². The number of nitrogens with one attached hydrogen (secondary N) is 3. The van der Waals surface area contributed by atoms with Crippen molar-refractivity contribution in [3.05, 3.63) is 28.7 Å². The molecule has 1 saturated heterocycles. The van der Waals surface area contributed by atoms with E-state index in [4.69, 9.17) is 4.42 Å². The van der Waals surface area contributed by atoms with Crippen LogP contribution in [0, 0.1) is 0 Å². The Morgan fingerprint density at radius 2 is 2.15 bits per heavy atom. The first kappa shape index (κ1) is 12.9. The smallest absolute Gasteiger partial charge is 0.408 e. The van der Waals surface area contributed by atoms with Crippen molar-refractivity contribution in [2.24, 2.45) is 0 Å². The average Bonchev–Trinajstić information content (AvgIpc) is 2.79. The van der Waals surface area contributed by atoms with Crippen molar-refractivity contribution < 1.29 is 9.21 Å². The topological polar surface area (TPSA) is 90.4 Å². The van der Waals surface area contributed by atoms with Gasteiger partial charge in [0.05, 0.1) is 12.1 Å². The van der Waals surface area contributed by atoms with Crippen molar-refractivity contribution in [3.63, 3.8) is 0 Å². The molecule has 1 aromatic carbocycles. The van der Waals surface area contributed by atoms with Crippen LogP contribution in [0.2, 0.25) is 0 Å². The van der Waals surface area contributed by atoms with E-state index in [1.807, 2.05) is 0 Å². The Labute approximate surface area is 114 Å². The zero-order valence-corrected chi connectivity index (χ0v) is 10.9. The second kappa shape index (κ2) is 5.48. The van der Waals surface area contributed by atoms with Crippen LogP contribution in [0.3, 0.4) is 0 Å². The number of aromatic amines is 1. The van der Waals surface area contributed by atoms with Crippen LogP contribution in [0.25, 0.3) is 11.1 Å². The van der Waals surface area contributed by atoms with Crippen LogP contribution in [0.15, 0.2) is 27.4 Å². The molecule has 2 aromatic rings. The van der Waals surface area contributed by atoms with Gasteiger partial charge in [0, 0.05) is 31.9 Å². The summed E-state index contributed by atoms with van der Waals surface area (Å²) < 4.78 is 4.91. The van der Waals surface area contributed by atoms with Crippen molar-refractivity contribution in [1.29, 1.82) is 0 Å². The van der Waals surface area contributed by atoms with E-state index in [0.717, 1.165) is 26.2 Å². The minimum atomic E-state index is -0.496. The van der Waals surface area contributed by atoms with Crippen LogP contribution < -0.4 is 16.4 Å². The lowest BCUT2D eigenvalue weighted by Crippen LogP contribution is -2.46. The largest absolute Gasteiger partial charge is 0.417 e. The van der Waals surface area contributed by atoms with Crippen LogP contribution in [-0.2, 0) is 4.79 Å². The molecule has 1 fully saturated rings. The molecule has 1 aliphatic rings. The molecule has 7 nitrogen and oxygen atoms in total. The summed E-state index contributed by atoms with van der Waals surface area (Å²) in [4.78, 5) is 27.7. The van der Waals surface area contributed by atoms with Crippen LogP contribution in [0.5, 0.6) is 0 Å². The van der Waals surface area contributed by atoms with E-state index in [-0.39, 0.29) is 5.91 Å². The maximum Gasteiger partial charge on any atom is 0.417 e. The number of hydrogen-bond acceptors (Lipinski definition) is 5. The molecule has 3 N–H and O–H groups in total. The van der Waals surface area contributed by atoms with Crippen LogP contribution in [0.1, 0.15) is 0 Å². The highest BCUT2D eigenvalue weighted by molar-refractivity contribution is 5.94. The molecule has 0 radical (unpaired) electrons. The number of oxazole rings is 1. The quantitative estimate of drug-likeness (QED) is 0.732. The maximum absolute atomic E-state index is 12.0. The van der Waals surface area contributed by atoms with E-state index in [2.05, 4.69) is 20.5 Å². The number of fused-ring (bicyclic) bond motifs is 1. The molecule has 3 rings (SSSR count). The third-order valence-corrected chi connectivity index (χ3v) is 3.28. The zero-order valence-electron chi connectivity index (χ0n) is 10.9. The summed E-state index contributed by atoms with van der Waals surface area (Å²) in [5, 5.41) is 6.07. The fraction of sp³-hybridized carbons (Fsp3) is 0.385. The SMILES string of the molecule is O=C(CN1CCNCC1)Nc1ccc2oc(=O)[nH]c2c1. The van der Waals surface area contributed by atoms with E-state index in [0.29, 0.717) is 23.3 Å². The Morgan fingerprint density at radius 3 is 2.95 bits per heavy atom. The number of aromatic nitrogens is 1. The zero-order chi connectivity index (χ0) is 13.9. The van der Waals surface area contributed by atoms with Gasteiger partial charge in [0.15, 0.2) is 5.58 Å². The number of carbonyl (C=O) groups is 1. The summed E-state index contributed by atoms with van der Waals surface area (Å²) in [5.41, 5.74) is 1.71. The number of rotatable bonds is 3. The predicted octanol–water partition coefficient (Wildman–Crippen LogP) is -0.0352. The summed E-state index contributed by atoms with van der Waals surface area (Å²) in [6.07, 6.45) is 0. The van der Waals surface area contributed by atoms with Gasteiger partial charge in [0.2, 0.25) is 5.91 Å². The van der Waals surface area contributed by atoms with Gasteiger partial charge in [-0.05, 0) is 18.2 Å². The molecule has 0 spiro atoms. The highest BCUT2D eigenvalue weighted by Crippen LogP contribution is 2.16. The predicted molar refractivity (Wildman–Crippen MR) is 74.8 cm³/mol. The van der Waals surface area contributed by atoms with Gasteiger partial charge >= 0.3 is 5.76 Å². The number of nitrogens with zero attached hydrogens (tertiary/aromatic N) is 1. The standard InChI is InChI=1S/C13H16N4O3/c18-12(8-17-5-3-14-4-6-17)15-9-1-2-11-10(7-9)16-13(19)20-11/h1-2,7,14H,3-6,8H2,(H,15,18)(H,16,19). The molecule has 2 heterocycles. The highest BCUT2D eigenvalue weighted by Gasteiger charge is 2.13. The summed E-state index contributed by atoms with van der Waals surface area (Å²) in [6.45, 7) is 3.95. The number of piperazine rings is 1. The van der Waals surface area contributed by atoms with E-state index in [9.17, 15) is 9.59 Å². The van der Waals surface area contributed by atoms with Gasteiger partial charge in [-0.2, -0.15) is 0 Å². The lowest BCUT2D eigenvalue weighted by atomic mass is 10.3. The maximum atomic E-state index is 12.0. The third kappa shape index (κ3) is 2.89. The molecule has 106 valence electrons. The molecule has 0 unspecified atom stereocenters. The number of hydrogen-bond donors (Lipinski definition) is 3. The van der Waals surface area contributed by atoms with Gasteiger partial charge in [-0.25, -0.2) is 4.79 Å². The second-order valence-corrected chi connectivity index (χ2v) is 4.80. The summed E-state index contributed by atoms with van der Waals surface area (Å²) in [7, 11) is 0. The molecule has 1 aromatic heterocycles. The fourth-order valence-electron chi connectivity index (χ4n) is 2.30. The summed E-state index contributed by atoms with van der Waals surface area (Å²) >= 11 is 0. The van der Waals surface area contributed by atoms with E-state index in [1.54, 1.807) is 18.2 Å². The van der Waals surface area contributed by atoms with Gasteiger partial charge in [0.1, 0.15) is 0 Å². The fourth-order valence-corrected chi connectivity index (χ4v) is 2.30. The second-order valence-electron chi connectivity index (χ2n) is 4.80. The lowest BCUT2D eigenvalue weighted by molar-refractivity contribution is -0.117. The van der Waals surface area contributed by atoms with Crippen LogP contribution in [0.4, 0.5) is 5.69 Å². The molecule has 0 atom stereocenters. The van der Waals surface area contributed by atoms with Crippen molar-refractivity contribution in [2.75, 3.05) is 38.0 Å². The molecule has 1 aliphatic heterocycles. The summed E-state index contributed by atoms with van der Waals surface area (Å²) in [6, 6.07) is 5.07. The van der Waals surface area contributed by atoms with Crippen molar-refractivity contribution in [1.82, 2.24) is 15.2 Å². The first-order valence-corrected chi connectivity index (χ1v) is 6.56. The van der Waals surface area contributed by atoms with Crippen molar-refractivity contribution in [2.45, 2.75) is 0 Å². The minimum absolute atomic E-state index is 0.0582. The normalized spacial score (nSPS) is 16.4. The molecule has 0 aliphatic carbocycles. The van der Waals surface area contributed by atoms with E-state index in [1.165, 1.54) is 0 Å². The third-order valence-electron chi connectivity index (χ3n) is 3.28. The monoisotopic (exact) mass is 276 g/mol. The Hall–Kier alpha value is -2.12. The lowest BCUT2D eigenvalue weighted by Gasteiger charge is -2.26. The van der Waals surface area contributed by atoms with Gasteiger partial charge in [-0.1, -0.05) is 0 Å². The average molecular weight is 276 g/mol. The Balaban J connectivity index is 1.65. The number of benzene rings is 1. The van der Waals surface area contributed by atoms with Gasteiger partial charge in [-0.15, -0.1) is 0 Å². The van der Waals surface area contributed by atoms with Crippen LogP contribution >= 0.6 is 0 Å². The van der Waals surface area contributed by atoms with Gasteiger partial charge in [0.25, 0.3) is 0 Å². The van der Waals surface area contributed by atoms with Gasteiger partial charge < -0.3 is 15.1 Å². The molecule has 0 saturated carbocycles. The molecule has 0 bridgehead atoms. The Kier molecular flexibility index (Phi) is 3.53.